The number of nitrogen functional groups attached to an aromatic ring is 1. The van der Waals surface area contributed by atoms with Crippen molar-refractivity contribution in [2.75, 3.05) is 12.3 Å². The molecule has 2 aromatic carbocycles. The minimum atomic E-state index is -0.205. The Balaban J connectivity index is 2.09. The van der Waals surface area contributed by atoms with Crippen molar-refractivity contribution in [2.45, 2.75) is 26.4 Å². The Morgan fingerprint density at radius 1 is 1.05 bits per heavy atom. The topological polar surface area (TPSA) is 29.3 Å². The van der Waals surface area contributed by atoms with Crippen LogP contribution >= 0.6 is 15.9 Å². The lowest BCUT2D eigenvalue weighted by molar-refractivity contribution is 0.257. The smallest absolute Gasteiger partial charge is 0.124 e. The zero-order valence-electron chi connectivity index (χ0n) is 12.2. The number of nitrogens with two attached hydrogens (primary N) is 1. The summed E-state index contributed by atoms with van der Waals surface area (Å²) in [5.41, 5.74) is 8.68. The van der Waals surface area contributed by atoms with Gasteiger partial charge in [0.05, 0.1) is 0 Å². The Bertz CT molecular complexity index is 564. The monoisotopic (exact) mass is 350 g/mol. The van der Waals surface area contributed by atoms with E-state index < -0.39 is 0 Å². The number of halogens is 2. The average Bonchev–Trinajstić information content (AvgIpc) is 2.40. The number of anilines is 1. The molecule has 0 saturated carbocycles. The fourth-order valence-electron chi connectivity index (χ4n) is 2.37. The second-order valence-electron chi connectivity index (χ2n) is 5.23. The lowest BCUT2D eigenvalue weighted by Crippen LogP contribution is -2.23. The van der Waals surface area contributed by atoms with Crippen LogP contribution < -0.4 is 5.73 Å². The maximum atomic E-state index is 13.5. The van der Waals surface area contributed by atoms with Crippen LogP contribution in [0.1, 0.15) is 24.5 Å². The summed E-state index contributed by atoms with van der Waals surface area (Å²) < 4.78 is 14.3. The van der Waals surface area contributed by atoms with Gasteiger partial charge in [0.2, 0.25) is 0 Å². The quantitative estimate of drug-likeness (QED) is 0.772. The van der Waals surface area contributed by atoms with Crippen LogP contribution in [0.15, 0.2) is 46.9 Å². The molecule has 0 unspecified atom stereocenters. The van der Waals surface area contributed by atoms with Gasteiger partial charge in [0.25, 0.3) is 0 Å². The van der Waals surface area contributed by atoms with Crippen LogP contribution in [0.2, 0.25) is 0 Å². The summed E-state index contributed by atoms with van der Waals surface area (Å²) in [6.45, 7) is 4.69. The summed E-state index contributed by atoms with van der Waals surface area (Å²) in [5.74, 6) is -0.205. The Hall–Kier alpha value is -1.39. The zero-order chi connectivity index (χ0) is 15.2. The molecule has 0 heterocycles. The van der Waals surface area contributed by atoms with Crippen molar-refractivity contribution in [1.29, 1.82) is 0 Å². The second-order valence-corrected chi connectivity index (χ2v) is 6.15. The van der Waals surface area contributed by atoms with Crippen LogP contribution in [0.3, 0.4) is 0 Å². The van der Waals surface area contributed by atoms with Crippen molar-refractivity contribution in [3.63, 3.8) is 0 Å². The Labute approximate surface area is 133 Å². The maximum Gasteiger partial charge on any atom is 0.124 e. The first kappa shape index (κ1) is 16.0. The van der Waals surface area contributed by atoms with E-state index in [2.05, 4.69) is 27.8 Å². The van der Waals surface area contributed by atoms with Crippen molar-refractivity contribution < 1.29 is 4.39 Å². The molecular formula is C17H20BrFN2. The number of nitrogens with zero attached hydrogens (tertiary/aromatic N) is 1. The van der Waals surface area contributed by atoms with Gasteiger partial charge in [-0.05, 0) is 54.4 Å². The SMILES string of the molecule is CCCN(Cc1ccc(N)cc1)Cc1cc(F)cc(Br)c1. The first-order valence-electron chi connectivity index (χ1n) is 7.08. The molecule has 0 amide bonds. The molecule has 4 heteroatoms. The van der Waals surface area contributed by atoms with E-state index >= 15 is 0 Å². The van der Waals surface area contributed by atoms with Crippen LogP contribution in [0, 0.1) is 5.82 Å². The second kappa shape index (κ2) is 7.57. The van der Waals surface area contributed by atoms with Crippen LogP contribution in [0.25, 0.3) is 0 Å². The molecule has 0 spiro atoms. The van der Waals surface area contributed by atoms with Gasteiger partial charge < -0.3 is 5.73 Å². The number of rotatable bonds is 6. The van der Waals surface area contributed by atoms with Crippen LogP contribution in [0.5, 0.6) is 0 Å². The minimum absolute atomic E-state index is 0.205. The van der Waals surface area contributed by atoms with Crippen LogP contribution in [-0.4, -0.2) is 11.4 Å². The number of hydrogen-bond acceptors (Lipinski definition) is 2. The Morgan fingerprint density at radius 3 is 2.33 bits per heavy atom. The van der Waals surface area contributed by atoms with Gasteiger partial charge in [-0.2, -0.15) is 0 Å². The van der Waals surface area contributed by atoms with Crippen molar-refractivity contribution in [1.82, 2.24) is 4.90 Å². The van der Waals surface area contributed by atoms with E-state index in [9.17, 15) is 4.39 Å². The normalized spacial score (nSPS) is 11.0. The molecular weight excluding hydrogens is 331 g/mol. The predicted molar refractivity (Wildman–Crippen MR) is 89.4 cm³/mol. The van der Waals surface area contributed by atoms with E-state index in [1.807, 2.05) is 30.3 Å². The van der Waals surface area contributed by atoms with Crippen molar-refractivity contribution >= 4 is 21.6 Å². The zero-order valence-corrected chi connectivity index (χ0v) is 13.7. The van der Waals surface area contributed by atoms with E-state index in [1.165, 1.54) is 11.6 Å². The predicted octanol–water partition coefficient (Wildman–Crippen LogP) is 4.58. The van der Waals surface area contributed by atoms with Gasteiger partial charge >= 0.3 is 0 Å². The summed E-state index contributed by atoms with van der Waals surface area (Å²) in [5, 5.41) is 0. The standard InChI is InChI=1S/C17H20BrFN2/c1-2-7-21(11-13-3-5-17(20)6-4-13)12-14-8-15(18)10-16(19)9-14/h3-6,8-10H,2,7,11-12,20H2,1H3. The first-order chi connectivity index (χ1) is 10.1. The third-order valence-corrected chi connectivity index (χ3v) is 3.71. The first-order valence-corrected chi connectivity index (χ1v) is 7.88. The maximum absolute atomic E-state index is 13.5. The van der Waals surface area contributed by atoms with Gasteiger partial charge in [-0.25, -0.2) is 4.39 Å². The van der Waals surface area contributed by atoms with Gasteiger partial charge in [-0.3, -0.25) is 4.90 Å². The van der Waals surface area contributed by atoms with Gasteiger partial charge in [0.1, 0.15) is 5.82 Å². The fraction of sp³-hybridized carbons (Fsp3) is 0.294. The molecule has 112 valence electrons. The summed E-state index contributed by atoms with van der Waals surface area (Å²) in [6.07, 6.45) is 1.06. The molecule has 2 N–H and O–H groups in total. The van der Waals surface area contributed by atoms with Crippen LogP contribution in [-0.2, 0) is 13.1 Å². The summed E-state index contributed by atoms with van der Waals surface area (Å²) in [6, 6.07) is 13.0. The van der Waals surface area contributed by atoms with Crippen molar-refractivity contribution in [3.05, 3.63) is 63.9 Å². The van der Waals surface area contributed by atoms with E-state index in [-0.39, 0.29) is 5.82 Å². The Morgan fingerprint density at radius 2 is 1.71 bits per heavy atom. The average molecular weight is 351 g/mol. The molecule has 0 atom stereocenters. The third-order valence-electron chi connectivity index (χ3n) is 3.25. The highest BCUT2D eigenvalue weighted by atomic mass is 79.9. The molecule has 0 aliphatic rings. The fourth-order valence-corrected chi connectivity index (χ4v) is 2.88. The molecule has 0 aliphatic carbocycles. The largest absolute Gasteiger partial charge is 0.399 e. The van der Waals surface area contributed by atoms with E-state index in [1.54, 1.807) is 6.07 Å². The molecule has 0 saturated heterocycles. The lowest BCUT2D eigenvalue weighted by Gasteiger charge is -2.22. The molecule has 2 rings (SSSR count). The van der Waals surface area contributed by atoms with E-state index in [4.69, 9.17) is 5.73 Å². The molecule has 0 aromatic heterocycles. The molecule has 0 radical (unpaired) electrons. The summed E-state index contributed by atoms with van der Waals surface area (Å²) >= 11 is 3.34. The van der Waals surface area contributed by atoms with Gasteiger partial charge in [-0.15, -0.1) is 0 Å². The molecule has 0 fully saturated rings. The highest BCUT2D eigenvalue weighted by molar-refractivity contribution is 9.10. The van der Waals surface area contributed by atoms with Crippen molar-refractivity contribution in [3.8, 4) is 0 Å². The highest BCUT2D eigenvalue weighted by Crippen LogP contribution is 2.18. The highest BCUT2D eigenvalue weighted by Gasteiger charge is 2.08. The van der Waals surface area contributed by atoms with Gasteiger partial charge in [0, 0.05) is 23.2 Å². The lowest BCUT2D eigenvalue weighted by atomic mass is 10.1. The minimum Gasteiger partial charge on any atom is -0.399 e. The molecule has 0 aliphatic heterocycles. The molecule has 21 heavy (non-hydrogen) atoms. The van der Waals surface area contributed by atoms with E-state index in [0.717, 1.165) is 41.8 Å². The third kappa shape index (κ3) is 5.14. The molecule has 2 aromatic rings. The van der Waals surface area contributed by atoms with Crippen LogP contribution in [0.4, 0.5) is 10.1 Å². The van der Waals surface area contributed by atoms with Crippen molar-refractivity contribution in [2.24, 2.45) is 0 Å². The Kier molecular flexibility index (Phi) is 5.76. The summed E-state index contributed by atoms with van der Waals surface area (Å²) in [4.78, 5) is 2.31. The number of hydrogen-bond donors (Lipinski definition) is 1. The van der Waals surface area contributed by atoms with E-state index in [0.29, 0.717) is 0 Å². The summed E-state index contributed by atoms with van der Waals surface area (Å²) in [7, 11) is 0. The number of benzene rings is 2. The molecule has 2 nitrogen and oxygen atoms in total. The van der Waals surface area contributed by atoms with Gasteiger partial charge in [0.15, 0.2) is 0 Å². The molecule has 0 bridgehead atoms. The van der Waals surface area contributed by atoms with Gasteiger partial charge in [-0.1, -0.05) is 35.0 Å².